The minimum atomic E-state index is 0. The molecule has 0 atom stereocenters. The Labute approximate surface area is 59.8 Å². The van der Waals surface area contributed by atoms with E-state index in [-0.39, 0.29) is 5.48 Å². The van der Waals surface area contributed by atoms with Gasteiger partial charge in [0.15, 0.2) is 11.4 Å². The van der Waals surface area contributed by atoms with Gasteiger partial charge in [0.2, 0.25) is 0 Å². The second-order valence-electron chi connectivity index (χ2n) is 2.10. The summed E-state index contributed by atoms with van der Waals surface area (Å²) in [6.45, 7) is 3.58. The molecule has 10 heavy (non-hydrogen) atoms. The molecule has 1 aromatic rings. The Morgan fingerprint density at radius 2 is 1.60 bits per heavy atom. The predicted molar refractivity (Wildman–Crippen MR) is 38.5 cm³/mol. The molecule has 0 saturated heterocycles. The summed E-state index contributed by atoms with van der Waals surface area (Å²) in [4.78, 5) is 0. The average molecular weight is 141 g/mol. The fourth-order valence-electron chi connectivity index (χ4n) is 0.740. The van der Waals surface area contributed by atoms with E-state index in [0.717, 1.165) is 16.1 Å². The van der Waals surface area contributed by atoms with Gasteiger partial charge in [0.25, 0.3) is 0 Å². The van der Waals surface area contributed by atoms with Crippen LogP contribution in [0.3, 0.4) is 0 Å². The van der Waals surface area contributed by atoms with Gasteiger partial charge in [0, 0.05) is 26.0 Å². The SMILES string of the molecule is Cc1cccc(C)[n+]1[O-].O. The van der Waals surface area contributed by atoms with Crippen molar-refractivity contribution >= 4 is 0 Å². The lowest BCUT2D eigenvalue weighted by atomic mass is 10.3. The van der Waals surface area contributed by atoms with Crippen molar-refractivity contribution in [3.8, 4) is 0 Å². The van der Waals surface area contributed by atoms with Crippen LogP contribution in [0, 0.1) is 19.1 Å². The molecule has 0 aliphatic carbocycles. The molecule has 0 fully saturated rings. The van der Waals surface area contributed by atoms with Crippen molar-refractivity contribution in [1.29, 1.82) is 0 Å². The highest BCUT2D eigenvalue weighted by molar-refractivity contribution is 5.00. The van der Waals surface area contributed by atoms with E-state index in [1.165, 1.54) is 0 Å². The normalized spacial score (nSPS) is 8.60. The molecular weight excluding hydrogens is 130 g/mol. The molecule has 0 aromatic carbocycles. The minimum absolute atomic E-state index is 0. The van der Waals surface area contributed by atoms with Crippen LogP contribution in [0.15, 0.2) is 18.2 Å². The zero-order valence-electron chi connectivity index (χ0n) is 6.09. The first-order valence-corrected chi connectivity index (χ1v) is 2.87. The van der Waals surface area contributed by atoms with Crippen LogP contribution in [0.2, 0.25) is 0 Å². The molecule has 3 heteroatoms. The van der Waals surface area contributed by atoms with Gasteiger partial charge in [0.05, 0.1) is 0 Å². The van der Waals surface area contributed by atoms with Gasteiger partial charge in [-0.1, -0.05) is 0 Å². The summed E-state index contributed by atoms with van der Waals surface area (Å²) in [7, 11) is 0. The number of pyridine rings is 1. The van der Waals surface area contributed by atoms with Crippen LogP contribution in [0.5, 0.6) is 0 Å². The number of rotatable bonds is 0. The van der Waals surface area contributed by atoms with Gasteiger partial charge in [-0.05, 0) is 6.07 Å². The van der Waals surface area contributed by atoms with Gasteiger partial charge in [-0.25, -0.2) is 0 Å². The summed E-state index contributed by atoms with van der Waals surface area (Å²) in [5, 5.41) is 10.9. The van der Waals surface area contributed by atoms with E-state index < -0.39 is 0 Å². The Hall–Kier alpha value is -1.09. The zero-order valence-corrected chi connectivity index (χ0v) is 6.09. The standard InChI is InChI=1S/C7H9NO.H2O/c1-6-4-3-5-7(2)8(6)9;/h3-5H,1-2H3;1H2. The fraction of sp³-hybridized carbons (Fsp3) is 0.286. The number of hydrogen-bond acceptors (Lipinski definition) is 1. The average Bonchev–Trinajstić information content (AvgIpc) is 1.83. The van der Waals surface area contributed by atoms with Crippen LogP contribution in [0.1, 0.15) is 11.4 Å². The summed E-state index contributed by atoms with van der Waals surface area (Å²) >= 11 is 0. The molecule has 0 aliphatic rings. The van der Waals surface area contributed by atoms with E-state index in [2.05, 4.69) is 0 Å². The number of hydrogen-bond donors (Lipinski definition) is 0. The molecule has 0 aliphatic heterocycles. The number of nitrogens with zero attached hydrogens (tertiary/aromatic N) is 1. The van der Waals surface area contributed by atoms with Crippen LogP contribution in [-0.4, -0.2) is 5.48 Å². The monoisotopic (exact) mass is 141 g/mol. The largest absolute Gasteiger partial charge is 0.618 e. The van der Waals surface area contributed by atoms with Crippen molar-refractivity contribution in [1.82, 2.24) is 0 Å². The lowest BCUT2D eigenvalue weighted by Gasteiger charge is -2.00. The van der Waals surface area contributed by atoms with Gasteiger partial charge < -0.3 is 10.7 Å². The van der Waals surface area contributed by atoms with Crippen molar-refractivity contribution in [3.63, 3.8) is 0 Å². The lowest BCUT2D eigenvalue weighted by Crippen LogP contribution is -2.32. The molecule has 2 N–H and O–H groups in total. The molecular formula is C7H11NO2. The number of aromatic nitrogens is 1. The summed E-state index contributed by atoms with van der Waals surface area (Å²) < 4.78 is 0.917. The maximum Gasteiger partial charge on any atom is 0.189 e. The van der Waals surface area contributed by atoms with Gasteiger partial charge >= 0.3 is 0 Å². The van der Waals surface area contributed by atoms with Crippen LogP contribution < -0.4 is 4.73 Å². The third kappa shape index (κ3) is 1.45. The molecule has 0 amide bonds. The third-order valence-electron chi connectivity index (χ3n) is 1.32. The van der Waals surface area contributed by atoms with Gasteiger partial charge in [-0.3, -0.25) is 0 Å². The maximum atomic E-state index is 10.9. The van der Waals surface area contributed by atoms with Crippen LogP contribution in [0.4, 0.5) is 0 Å². The van der Waals surface area contributed by atoms with E-state index in [0.29, 0.717) is 0 Å². The highest BCUT2D eigenvalue weighted by Gasteiger charge is 1.98. The van der Waals surface area contributed by atoms with Crippen molar-refractivity contribution in [2.24, 2.45) is 0 Å². The molecule has 0 saturated carbocycles. The van der Waals surface area contributed by atoms with Crippen molar-refractivity contribution < 1.29 is 10.2 Å². The second-order valence-corrected chi connectivity index (χ2v) is 2.10. The third-order valence-corrected chi connectivity index (χ3v) is 1.32. The first-order chi connectivity index (χ1) is 4.22. The highest BCUT2D eigenvalue weighted by atomic mass is 16.5. The molecule has 0 spiro atoms. The molecule has 0 radical (unpaired) electrons. The Bertz CT molecular complexity index is 203. The Morgan fingerprint density at radius 1 is 1.20 bits per heavy atom. The predicted octanol–water partition coefficient (Wildman–Crippen LogP) is 0.112. The Morgan fingerprint density at radius 3 is 1.90 bits per heavy atom. The van der Waals surface area contributed by atoms with Crippen molar-refractivity contribution in [2.75, 3.05) is 0 Å². The second kappa shape index (κ2) is 3.17. The first kappa shape index (κ1) is 8.91. The maximum absolute atomic E-state index is 10.9. The van der Waals surface area contributed by atoms with E-state index >= 15 is 0 Å². The van der Waals surface area contributed by atoms with Crippen LogP contribution in [-0.2, 0) is 0 Å². The minimum Gasteiger partial charge on any atom is -0.618 e. The van der Waals surface area contributed by atoms with Crippen LogP contribution >= 0.6 is 0 Å². The molecule has 1 heterocycles. The summed E-state index contributed by atoms with van der Waals surface area (Å²) in [6.07, 6.45) is 0. The zero-order chi connectivity index (χ0) is 6.85. The van der Waals surface area contributed by atoms with Gasteiger partial charge in [0.1, 0.15) is 0 Å². The Balaban J connectivity index is 0.000000810. The molecule has 56 valence electrons. The topological polar surface area (TPSA) is 58.4 Å². The Kier molecular flexibility index (Phi) is 2.83. The molecule has 1 rings (SSSR count). The van der Waals surface area contributed by atoms with Crippen LogP contribution in [0.25, 0.3) is 0 Å². The summed E-state index contributed by atoms with van der Waals surface area (Å²) in [5.41, 5.74) is 1.49. The van der Waals surface area contributed by atoms with Crippen molar-refractivity contribution in [3.05, 3.63) is 34.8 Å². The fourth-order valence-corrected chi connectivity index (χ4v) is 0.740. The van der Waals surface area contributed by atoms with Gasteiger partial charge in [-0.15, -0.1) is 0 Å². The smallest absolute Gasteiger partial charge is 0.189 e. The van der Waals surface area contributed by atoms with Crippen molar-refractivity contribution in [2.45, 2.75) is 13.8 Å². The summed E-state index contributed by atoms with van der Waals surface area (Å²) in [6, 6.07) is 5.46. The van der Waals surface area contributed by atoms with E-state index in [4.69, 9.17) is 0 Å². The molecule has 1 aromatic heterocycles. The van der Waals surface area contributed by atoms with E-state index in [1.54, 1.807) is 26.0 Å². The molecule has 0 unspecified atom stereocenters. The molecule has 3 nitrogen and oxygen atoms in total. The van der Waals surface area contributed by atoms with E-state index in [9.17, 15) is 5.21 Å². The lowest BCUT2D eigenvalue weighted by molar-refractivity contribution is -0.619. The molecule has 0 bridgehead atoms. The number of aryl methyl sites for hydroxylation is 2. The highest BCUT2D eigenvalue weighted by Crippen LogP contribution is 1.91. The summed E-state index contributed by atoms with van der Waals surface area (Å²) in [5.74, 6) is 0. The first-order valence-electron chi connectivity index (χ1n) is 2.87. The van der Waals surface area contributed by atoms with Gasteiger partial charge in [-0.2, -0.15) is 4.73 Å². The van der Waals surface area contributed by atoms with E-state index in [1.807, 2.05) is 6.07 Å². The quantitative estimate of drug-likeness (QED) is 0.373.